The molecular weight excluding hydrogens is 206 g/mol. The molecule has 0 radical (unpaired) electrons. The third kappa shape index (κ3) is 3.54. The highest BCUT2D eigenvalue weighted by Crippen LogP contribution is 2.17. The zero-order valence-electron chi connectivity index (χ0n) is 10.8. The molecule has 16 heavy (non-hydrogen) atoms. The van der Waals surface area contributed by atoms with Gasteiger partial charge in [-0.25, -0.2) is 0 Å². The largest absolute Gasteiger partial charge is 0.379 e. The summed E-state index contributed by atoms with van der Waals surface area (Å²) in [7, 11) is 0. The van der Waals surface area contributed by atoms with Crippen molar-refractivity contribution < 1.29 is 14.3 Å². The Labute approximate surface area is 97.9 Å². The van der Waals surface area contributed by atoms with Gasteiger partial charge >= 0.3 is 0 Å². The van der Waals surface area contributed by atoms with E-state index in [1.807, 2.05) is 27.7 Å². The standard InChI is InChI=1S/C12H23NO3/c1-10(2)16-9-11(14)12(3,4)13-5-7-15-8-6-13/h10H,5-9H2,1-4H3. The topological polar surface area (TPSA) is 38.8 Å². The lowest BCUT2D eigenvalue weighted by Gasteiger charge is -2.39. The molecule has 4 heteroatoms. The number of hydrogen-bond donors (Lipinski definition) is 0. The molecule has 0 atom stereocenters. The Morgan fingerprint density at radius 3 is 2.44 bits per heavy atom. The van der Waals surface area contributed by atoms with Crippen molar-refractivity contribution in [2.45, 2.75) is 39.3 Å². The summed E-state index contributed by atoms with van der Waals surface area (Å²) in [6, 6.07) is 0. The molecule has 0 aromatic rings. The van der Waals surface area contributed by atoms with E-state index in [4.69, 9.17) is 9.47 Å². The Morgan fingerprint density at radius 2 is 1.94 bits per heavy atom. The number of morpholine rings is 1. The van der Waals surface area contributed by atoms with E-state index in [0.29, 0.717) is 13.2 Å². The van der Waals surface area contributed by atoms with Gasteiger partial charge < -0.3 is 9.47 Å². The Balaban J connectivity index is 2.50. The molecule has 0 aliphatic carbocycles. The van der Waals surface area contributed by atoms with E-state index in [9.17, 15) is 4.79 Å². The fraction of sp³-hybridized carbons (Fsp3) is 0.917. The minimum Gasteiger partial charge on any atom is -0.379 e. The maximum atomic E-state index is 12.1. The monoisotopic (exact) mass is 229 g/mol. The van der Waals surface area contributed by atoms with E-state index in [-0.39, 0.29) is 18.5 Å². The van der Waals surface area contributed by atoms with E-state index in [1.165, 1.54) is 0 Å². The van der Waals surface area contributed by atoms with Crippen LogP contribution in [0.15, 0.2) is 0 Å². The van der Waals surface area contributed by atoms with Crippen molar-refractivity contribution >= 4 is 5.78 Å². The maximum Gasteiger partial charge on any atom is 0.178 e. The first kappa shape index (κ1) is 13.6. The summed E-state index contributed by atoms with van der Waals surface area (Å²) in [5.41, 5.74) is -0.446. The van der Waals surface area contributed by atoms with E-state index >= 15 is 0 Å². The molecule has 1 aliphatic rings. The number of Topliss-reactive ketones (excluding diaryl/α,β-unsaturated/α-hetero) is 1. The third-order valence-corrected chi connectivity index (χ3v) is 3.03. The van der Waals surface area contributed by atoms with Crippen molar-refractivity contribution in [3.8, 4) is 0 Å². The van der Waals surface area contributed by atoms with Crippen LogP contribution in [0.1, 0.15) is 27.7 Å². The van der Waals surface area contributed by atoms with Gasteiger partial charge in [0.05, 0.1) is 24.9 Å². The zero-order valence-corrected chi connectivity index (χ0v) is 10.8. The van der Waals surface area contributed by atoms with Crippen LogP contribution in [0.4, 0.5) is 0 Å². The molecule has 1 aliphatic heterocycles. The molecule has 0 unspecified atom stereocenters. The minimum atomic E-state index is -0.446. The molecule has 0 aromatic carbocycles. The first-order valence-electron chi connectivity index (χ1n) is 5.92. The fourth-order valence-electron chi connectivity index (χ4n) is 1.72. The fourth-order valence-corrected chi connectivity index (χ4v) is 1.72. The van der Waals surface area contributed by atoms with Crippen molar-refractivity contribution in [1.29, 1.82) is 0 Å². The van der Waals surface area contributed by atoms with Gasteiger partial charge in [-0.2, -0.15) is 0 Å². The van der Waals surface area contributed by atoms with E-state index < -0.39 is 5.54 Å². The quantitative estimate of drug-likeness (QED) is 0.707. The van der Waals surface area contributed by atoms with Crippen LogP contribution >= 0.6 is 0 Å². The lowest BCUT2D eigenvalue weighted by Crippen LogP contribution is -2.55. The Hall–Kier alpha value is -0.450. The molecule has 1 heterocycles. The van der Waals surface area contributed by atoms with Gasteiger partial charge in [0.15, 0.2) is 5.78 Å². The molecule has 1 saturated heterocycles. The molecule has 4 nitrogen and oxygen atoms in total. The maximum absolute atomic E-state index is 12.1. The number of nitrogens with zero attached hydrogens (tertiary/aromatic N) is 1. The molecule has 1 fully saturated rings. The molecule has 0 aromatic heterocycles. The van der Waals surface area contributed by atoms with Crippen LogP contribution in [-0.4, -0.2) is 55.2 Å². The van der Waals surface area contributed by atoms with Gasteiger partial charge in [-0.1, -0.05) is 0 Å². The summed E-state index contributed by atoms with van der Waals surface area (Å²) in [6.07, 6.45) is 0.101. The Kier molecular flexibility index (Phi) is 4.89. The van der Waals surface area contributed by atoms with Gasteiger partial charge in [-0.05, 0) is 27.7 Å². The van der Waals surface area contributed by atoms with Crippen molar-refractivity contribution in [2.24, 2.45) is 0 Å². The zero-order chi connectivity index (χ0) is 12.2. The lowest BCUT2D eigenvalue weighted by atomic mass is 9.96. The number of hydrogen-bond acceptors (Lipinski definition) is 4. The van der Waals surface area contributed by atoms with Crippen molar-refractivity contribution in [2.75, 3.05) is 32.9 Å². The SMILES string of the molecule is CC(C)OCC(=O)C(C)(C)N1CCOCC1. The average Bonchev–Trinajstić information content (AvgIpc) is 2.27. The Morgan fingerprint density at radius 1 is 1.38 bits per heavy atom. The van der Waals surface area contributed by atoms with Gasteiger partial charge in [0.2, 0.25) is 0 Å². The first-order valence-corrected chi connectivity index (χ1v) is 5.92. The van der Waals surface area contributed by atoms with Gasteiger partial charge in [0, 0.05) is 13.1 Å². The molecule has 0 spiro atoms. The summed E-state index contributed by atoms with van der Waals surface area (Å²) >= 11 is 0. The normalized spacial score (nSPS) is 19.1. The van der Waals surface area contributed by atoms with Gasteiger partial charge in [-0.15, -0.1) is 0 Å². The summed E-state index contributed by atoms with van der Waals surface area (Å²) in [4.78, 5) is 14.2. The molecule has 0 saturated carbocycles. The molecule has 0 amide bonds. The van der Waals surface area contributed by atoms with Crippen molar-refractivity contribution in [1.82, 2.24) is 4.90 Å². The van der Waals surface area contributed by atoms with Crippen LogP contribution in [0.3, 0.4) is 0 Å². The number of ketones is 1. The van der Waals surface area contributed by atoms with Gasteiger partial charge in [0.1, 0.15) is 6.61 Å². The second-order valence-corrected chi connectivity index (χ2v) is 4.94. The van der Waals surface area contributed by atoms with Gasteiger partial charge in [-0.3, -0.25) is 9.69 Å². The lowest BCUT2D eigenvalue weighted by molar-refractivity contribution is -0.138. The summed E-state index contributed by atoms with van der Waals surface area (Å²) in [5.74, 6) is 0.142. The average molecular weight is 229 g/mol. The van der Waals surface area contributed by atoms with Crippen molar-refractivity contribution in [3.63, 3.8) is 0 Å². The van der Waals surface area contributed by atoms with E-state index in [1.54, 1.807) is 0 Å². The predicted molar refractivity (Wildman–Crippen MR) is 62.6 cm³/mol. The minimum absolute atomic E-state index is 0.101. The highest BCUT2D eigenvalue weighted by molar-refractivity contribution is 5.88. The predicted octanol–water partition coefficient (Wildman–Crippen LogP) is 1.09. The van der Waals surface area contributed by atoms with Crippen LogP contribution < -0.4 is 0 Å². The molecule has 0 N–H and O–H groups in total. The van der Waals surface area contributed by atoms with Gasteiger partial charge in [0.25, 0.3) is 0 Å². The van der Waals surface area contributed by atoms with E-state index in [2.05, 4.69) is 4.90 Å². The Bertz CT molecular complexity index is 232. The first-order chi connectivity index (χ1) is 7.44. The second-order valence-electron chi connectivity index (χ2n) is 4.94. The highest BCUT2D eigenvalue weighted by Gasteiger charge is 2.35. The van der Waals surface area contributed by atoms with E-state index in [0.717, 1.165) is 13.1 Å². The van der Waals surface area contributed by atoms with Crippen LogP contribution in [0, 0.1) is 0 Å². The molecule has 1 rings (SSSR count). The van der Waals surface area contributed by atoms with Crippen molar-refractivity contribution in [3.05, 3.63) is 0 Å². The van der Waals surface area contributed by atoms with Crippen LogP contribution in [-0.2, 0) is 14.3 Å². The van der Waals surface area contributed by atoms with Crippen LogP contribution in [0.2, 0.25) is 0 Å². The molecular formula is C12H23NO3. The smallest absolute Gasteiger partial charge is 0.178 e. The molecule has 94 valence electrons. The summed E-state index contributed by atoms with van der Waals surface area (Å²) in [5, 5.41) is 0. The highest BCUT2D eigenvalue weighted by atomic mass is 16.5. The number of ether oxygens (including phenoxy) is 2. The molecule has 0 bridgehead atoms. The third-order valence-electron chi connectivity index (χ3n) is 3.03. The number of carbonyl (C=O) groups excluding carboxylic acids is 1. The van der Waals surface area contributed by atoms with Crippen LogP contribution in [0.5, 0.6) is 0 Å². The second kappa shape index (κ2) is 5.75. The summed E-state index contributed by atoms with van der Waals surface area (Å²) in [6.45, 7) is 11.1. The van der Waals surface area contributed by atoms with Crippen LogP contribution in [0.25, 0.3) is 0 Å². The number of rotatable bonds is 5. The summed E-state index contributed by atoms with van der Waals surface area (Å²) < 4.78 is 10.7. The number of carbonyl (C=O) groups is 1.